The molecule has 0 atom stereocenters. The minimum absolute atomic E-state index is 0.115. The van der Waals surface area contributed by atoms with Crippen molar-refractivity contribution in [3.63, 3.8) is 0 Å². The third-order valence-electron chi connectivity index (χ3n) is 3.83. The second kappa shape index (κ2) is 7.43. The van der Waals surface area contributed by atoms with Crippen molar-refractivity contribution in [2.45, 2.75) is 31.7 Å². The lowest BCUT2D eigenvalue weighted by Crippen LogP contribution is -2.43. The maximum absolute atomic E-state index is 12.8. The minimum Gasteiger partial charge on any atom is -0.333 e. The second-order valence-corrected chi connectivity index (χ2v) is 6.50. The van der Waals surface area contributed by atoms with Gasteiger partial charge in [-0.1, -0.05) is 36.0 Å². The summed E-state index contributed by atoms with van der Waals surface area (Å²) in [5, 5.41) is 0.652. The van der Waals surface area contributed by atoms with Crippen molar-refractivity contribution < 1.29 is 4.79 Å². The van der Waals surface area contributed by atoms with Gasteiger partial charge in [-0.05, 0) is 39.1 Å². The quantitative estimate of drug-likeness (QED) is 0.777. The van der Waals surface area contributed by atoms with Crippen LogP contribution in [0.4, 0.5) is 0 Å². The molecule has 0 spiro atoms. The van der Waals surface area contributed by atoms with Crippen LogP contribution in [-0.2, 0) is 0 Å². The Morgan fingerprint density at radius 3 is 2.52 bits per heavy atom. The molecule has 2 rings (SSSR count). The van der Waals surface area contributed by atoms with E-state index in [2.05, 4.69) is 9.88 Å². The lowest BCUT2D eigenvalue weighted by molar-refractivity contribution is 0.0662. The highest BCUT2D eigenvalue weighted by Gasteiger charge is 2.29. The number of nitrogens with zero attached hydrogens (tertiary/aromatic N) is 3. The maximum Gasteiger partial charge on any atom is 0.274 e. The highest BCUT2D eigenvalue weighted by molar-refractivity contribution is 6.34. The highest BCUT2D eigenvalue weighted by Crippen LogP contribution is 2.26. The summed E-state index contributed by atoms with van der Waals surface area (Å²) >= 11 is 12.0. The fourth-order valence-electron chi connectivity index (χ4n) is 2.68. The van der Waals surface area contributed by atoms with E-state index in [1.54, 1.807) is 12.1 Å². The molecule has 1 aliphatic carbocycles. The Hall–Kier alpha value is -0.840. The summed E-state index contributed by atoms with van der Waals surface area (Å²) in [7, 11) is 4.00. The fourth-order valence-corrected chi connectivity index (χ4v) is 3.01. The fraction of sp³-hybridized carbons (Fsp3) is 0.600. The summed E-state index contributed by atoms with van der Waals surface area (Å²) in [5.41, 5.74) is 0.259. The molecular formula is C15H21Cl2N3O. The number of carbonyl (C=O) groups excluding carboxylic acids is 1. The molecule has 1 aromatic rings. The third kappa shape index (κ3) is 4.31. The Balaban J connectivity index is 2.21. The number of aromatic nitrogens is 1. The first kappa shape index (κ1) is 16.5. The Morgan fingerprint density at radius 1 is 1.24 bits per heavy atom. The van der Waals surface area contributed by atoms with E-state index in [4.69, 9.17) is 23.2 Å². The third-order valence-corrected chi connectivity index (χ3v) is 4.34. The predicted octanol–water partition coefficient (Wildman–Crippen LogP) is 3.33. The van der Waals surface area contributed by atoms with Gasteiger partial charge >= 0.3 is 0 Å². The minimum atomic E-state index is -0.115. The number of rotatable bonds is 5. The molecule has 1 saturated carbocycles. The molecule has 0 N–H and O–H groups in total. The summed E-state index contributed by atoms with van der Waals surface area (Å²) in [5.74, 6) is -0.115. The van der Waals surface area contributed by atoms with Crippen molar-refractivity contribution in [2.75, 3.05) is 27.2 Å². The van der Waals surface area contributed by atoms with Gasteiger partial charge < -0.3 is 9.80 Å². The van der Waals surface area contributed by atoms with Gasteiger partial charge in [0, 0.05) is 19.1 Å². The Labute approximate surface area is 136 Å². The number of likely N-dealkylation sites (N-methyl/N-ethyl adjacent to an activating group) is 1. The van der Waals surface area contributed by atoms with Crippen molar-refractivity contribution in [3.8, 4) is 0 Å². The van der Waals surface area contributed by atoms with Gasteiger partial charge in [-0.2, -0.15) is 0 Å². The Kier molecular flexibility index (Phi) is 5.85. The number of hydrogen-bond acceptors (Lipinski definition) is 3. The zero-order valence-corrected chi connectivity index (χ0v) is 14.0. The lowest BCUT2D eigenvalue weighted by atomic mass is 10.2. The molecule has 0 unspecified atom stereocenters. The summed E-state index contributed by atoms with van der Waals surface area (Å²) in [6, 6.07) is 3.51. The number of amides is 1. The first-order chi connectivity index (χ1) is 9.99. The maximum atomic E-state index is 12.8. The highest BCUT2D eigenvalue weighted by atomic mass is 35.5. The molecule has 116 valence electrons. The van der Waals surface area contributed by atoms with Gasteiger partial charge in [0.2, 0.25) is 0 Å². The van der Waals surface area contributed by atoms with Crippen LogP contribution in [0.1, 0.15) is 36.2 Å². The first-order valence-corrected chi connectivity index (χ1v) is 8.02. The van der Waals surface area contributed by atoms with Gasteiger partial charge in [0.1, 0.15) is 10.8 Å². The van der Waals surface area contributed by atoms with Crippen LogP contribution in [-0.4, -0.2) is 53.9 Å². The Bertz CT molecular complexity index is 502. The van der Waals surface area contributed by atoms with Gasteiger partial charge in [0.05, 0.1) is 5.02 Å². The average Bonchev–Trinajstić information content (AvgIpc) is 2.95. The molecule has 1 amide bonds. The molecule has 1 fully saturated rings. The number of carbonyl (C=O) groups is 1. The molecule has 21 heavy (non-hydrogen) atoms. The number of pyridine rings is 1. The monoisotopic (exact) mass is 329 g/mol. The van der Waals surface area contributed by atoms with Crippen LogP contribution in [0, 0.1) is 0 Å². The van der Waals surface area contributed by atoms with Gasteiger partial charge in [0.25, 0.3) is 5.91 Å². The zero-order valence-electron chi connectivity index (χ0n) is 12.5. The topological polar surface area (TPSA) is 36.4 Å². The van der Waals surface area contributed by atoms with Gasteiger partial charge in [-0.25, -0.2) is 4.98 Å². The van der Waals surface area contributed by atoms with Crippen LogP contribution in [0.25, 0.3) is 0 Å². The van der Waals surface area contributed by atoms with Crippen LogP contribution in [0.3, 0.4) is 0 Å². The summed E-state index contributed by atoms with van der Waals surface area (Å²) in [6.07, 6.45) is 4.45. The molecule has 0 aliphatic heterocycles. The van der Waals surface area contributed by atoms with Crippen LogP contribution >= 0.6 is 23.2 Å². The zero-order chi connectivity index (χ0) is 15.4. The summed E-state index contributed by atoms with van der Waals surface area (Å²) < 4.78 is 0. The Morgan fingerprint density at radius 2 is 1.90 bits per heavy atom. The molecule has 0 saturated heterocycles. The molecule has 0 radical (unpaired) electrons. The molecule has 1 aromatic heterocycles. The summed E-state index contributed by atoms with van der Waals surface area (Å²) in [6.45, 7) is 1.50. The van der Waals surface area contributed by atoms with Crippen molar-refractivity contribution in [1.29, 1.82) is 0 Å². The van der Waals surface area contributed by atoms with Gasteiger partial charge in [0.15, 0.2) is 0 Å². The van der Waals surface area contributed by atoms with E-state index >= 15 is 0 Å². The van der Waals surface area contributed by atoms with E-state index in [1.165, 1.54) is 12.8 Å². The van der Waals surface area contributed by atoms with Crippen LogP contribution in [0.2, 0.25) is 10.2 Å². The van der Waals surface area contributed by atoms with Crippen LogP contribution in [0.5, 0.6) is 0 Å². The number of halogens is 2. The molecule has 1 heterocycles. The number of hydrogen-bond donors (Lipinski definition) is 0. The second-order valence-electron chi connectivity index (χ2n) is 5.70. The lowest BCUT2D eigenvalue weighted by Gasteiger charge is -2.30. The molecule has 6 heteroatoms. The van der Waals surface area contributed by atoms with E-state index in [0.29, 0.717) is 16.7 Å². The molecule has 1 aliphatic rings. The molecule has 0 bridgehead atoms. The molecule has 0 aromatic carbocycles. The largest absolute Gasteiger partial charge is 0.333 e. The summed E-state index contributed by atoms with van der Waals surface area (Å²) in [4.78, 5) is 20.9. The molecule has 4 nitrogen and oxygen atoms in total. The van der Waals surface area contributed by atoms with Crippen LogP contribution in [0.15, 0.2) is 12.1 Å². The van der Waals surface area contributed by atoms with E-state index in [-0.39, 0.29) is 17.6 Å². The van der Waals surface area contributed by atoms with E-state index < -0.39 is 0 Å². The van der Waals surface area contributed by atoms with E-state index in [0.717, 1.165) is 19.4 Å². The SMILES string of the molecule is CN(C)CCN(C(=O)c1nc(Cl)ccc1Cl)C1CCCC1. The van der Waals surface area contributed by atoms with E-state index in [9.17, 15) is 4.79 Å². The average molecular weight is 330 g/mol. The van der Waals surface area contributed by atoms with Crippen molar-refractivity contribution in [1.82, 2.24) is 14.8 Å². The van der Waals surface area contributed by atoms with Crippen molar-refractivity contribution in [2.24, 2.45) is 0 Å². The predicted molar refractivity (Wildman–Crippen MR) is 86.1 cm³/mol. The normalized spacial score (nSPS) is 15.7. The molecular weight excluding hydrogens is 309 g/mol. The van der Waals surface area contributed by atoms with Crippen molar-refractivity contribution in [3.05, 3.63) is 28.0 Å². The first-order valence-electron chi connectivity index (χ1n) is 7.27. The van der Waals surface area contributed by atoms with Crippen molar-refractivity contribution >= 4 is 29.1 Å². The van der Waals surface area contributed by atoms with Gasteiger partial charge in [-0.15, -0.1) is 0 Å². The van der Waals surface area contributed by atoms with Gasteiger partial charge in [-0.3, -0.25) is 4.79 Å². The smallest absolute Gasteiger partial charge is 0.274 e. The van der Waals surface area contributed by atoms with E-state index in [1.807, 2.05) is 19.0 Å². The standard InChI is InChI=1S/C15H21Cl2N3O/c1-19(2)9-10-20(11-5-3-4-6-11)15(21)14-12(16)7-8-13(17)18-14/h7-8,11H,3-6,9-10H2,1-2H3. The van der Waals surface area contributed by atoms with Crippen LogP contribution < -0.4 is 0 Å².